The van der Waals surface area contributed by atoms with E-state index in [9.17, 15) is 0 Å². The molecule has 0 aromatic heterocycles. The highest BCUT2D eigenvalue weighted by atomic mass is 127. The molecule has 58 valence electrons. The molecule has 2 atom stereocenters. The van der Waals surface area contributed by atoms with Crippen molar-refractivity contribution in [1.29, 1.82) is 0 Å². The summed E-state index contributed by atoms with van der Waals surface area (Å²) < 4.78 is 6.79. The Hall–Kier alpha value is 0.690. The van der Waals surface area contributed by atoms with E-state index >= 15 is 0 Å². The van der Waals surface area contributed by atoms with Crippen LogP contribution in [0.2, 0.25) is 0 Å². The van der Waals surface area contributed by atoms with Crippen LogP contribution in [0, 0.1) is 11.8 Å². The minimum absolute atomic E-state index is 0.589. The Balaban J connectivity index is 1.81. The number of hydrogen-bond acceptors (Lipinski definition) is 1. The van der Waals surface area contributed by atoms with Crippen LogP contribution in [-0.4, -0.2) is 17.1 Å². The van der Waals surface area contributed by atoms with Gasteiger partial charge in [-0.2, -0.15) is 0 Å². The molecule has 2 fully saturated rings. The molecule has 2 heteroatoms. The van der Waals surface area contributed by atoms with E-state index in [4.69, 9.17) is 4.74 Å². The van der Waals surface area contributed by atoms with Gasteiger partial charge in [0.2, 0.25) is 0 Å². The average Bonchev–Trinajstić information content (AvgIpc) is 2.70. The molecule has 2 rings (SSSR count). The molecular formula is C8H13IO. The van der Waals surface area contributed by atoms with Crippen molar-refractivity contribution in [3.8, 4) is 0 Å². The zero-order valence-corrected chi connectivity index (χ0v) is 8.21. The van der Waals surface area contributed by atoms with E-state index in [0.717, 1.165) is 18.4 Å². The van der Waals surface area contributed by atoms with E-state index in [2.05, 4.69) is 22.6 Å². The molecule has 0 aromatic rings. The van der Waals surface area contributed by atoms with Crippen molar-refractivity contribution in [2.75, 3.05) is 11.0 Å². The van der Waals surface area contributed by atoms with E-state index in [1.165, 1.54) is 23.7 Å². The van der Waals surface area contributed by atoms with Crippen LogP contribution in [0.1, 0.15) is 19.3 Å². The fraction of sp³-hybridized carbons (Fsp3) is 1.00. The van der Waals surface area contributed by atoms with Gasteiger partial charge in [0.25, 0.3) is 0 Å². The molecule has 1 nitrogen and oxygen atoms in total. The van der Waals surface area contributed by atoms with Crippen molar-refractivity contribution >= 4 is 22.6 Å². The second-order valence-corrected chi connectivity index (χ2v) is 4.32. The molecule has 1 aliphatic carbocycles. The van der Waals surface area contributed by atoms with Crippen molar-refractivity contribution in [3.63, 3.8) is 0 Å². The molecule has 0 amide bonds. The monoisotopic (exact) mass is 252 g/mol. The molecule has 0 bridgehead atoms. The topological polar surface area (TPSA) is 9.23 Å². The first-order chi connectivity index (χ1) is 4.90. The Morgan fingerprint density at radius 2 is 2.10 bits per heavy atom. The first kappa shape index (κ1) is 7.35. The van der Waals surface area contributed by atoms with Gasteiger partial charge >= 0.3 is 0 Å². The highest BCUT2D eigenvalue weighted by Gasteiger charge is 2.36. The zero-order chi connectivity index (χ0) is 6.97. The molecule has 2 aliphatic rings. The normalized spacial score (nSPS) is 40.5. The molecule has 0 N–H and O–H groups in total. The van der Waals surface area contributed by atoms with Crippen molar-refractivity contribution in [2.45, 2.75) is 25.4 Å². The second kappa shape index (κ2) is 2.97. The SMILES string of the molecule is IC[C@@H]1C[C@@H](C2CC2)CO1. The molecule has 0 unspecified atom stereocenters. The summed E-state index contributed by atoms with van der Waals surface area (Å²) in [7, 11) is 0. The molecule has 1 heterocycles. The van der Waals surface area contributed by atoms with Crippen LogP contribution < -0.4 is 0 Å². The fourth-order valence-electron chi connectivity index (χ4n) is 1.74. The van der Waals surface area contributed by atoms with Gasteiger partial charge in [-0.05, 0) is 31.1 Å². The highest BCUT2D eigenvalue weighted by molar-refractivity contribution is 14.1. The quantitative estimate of drug-likeness (QED) is 0.541. The van der Waals surface area contributed by atoms with E-state index in [-0.39, 0.29) is 0 Å². The minimum atomic E-state index is 0.589. The summed E-state index contributed by atoms with van der Waals surface area (Å²) >= 11 is 2.42. The maximum atomic E-state index is 5.61. The second-order valence-electron chi connectivity index (χ2n) is 3.44. The largest absolute Gasteiger partial charge is 0.377 e. The van der Waals surface area contributed by atoms with Gasteiger partial charge < -0.3 is 4.74 Å². The maximum Gasteiger partial charge on any atom is 0.0668 e. The van der Waals surface area contributed by atoms with Gasteiger partial charge in [-0.15, -0.1) is 0 Å². The minimum Gasteiger partial charge on any atom is -0.377 e. The lowest BCUT2D eigenvalue weighted by Gasteiger charge is -2.03. The fourth-order valence-corrected chi connectivity index (χ4v) is 2.35. The highest BCUT2D eigenvalue weighted by Crippen LogP contribution is 2.42. The molecule has 0 radical (unpaired) electrons. The lowest BCUT2D eigenvalue weighted by Crippen LogP contribution is -2.05. The summed E-state index contributed by atoms with van der Waals surface area (Å²) in [6.07, 6.45) is 4.88. The van der Waals surface area contributed by atoms with Crippen LogP contribution in [-0.2, 0) is 4.74 Å². The molecule has 1 saturated heterocycles. The van der Waals surface area contributed by atoms with E-state index in [1.54, 1.807) is 0 Å². The van der Waals surface area contributed by atoms with Crippen LogP contribution in [0.25, 0.3) is 0 Å². The summed E-state index contributed by atoms with van der Waals surface area (Å²) in [5, 5.41) is 0. The summed E-state index contributed by atoms with van der Waals surface area (Å²) in [6, 6.07) is 0. The Morgan fingerprint density at radius 3 is 2.60 bits per heavy atom. The van der Waals surface area contributed by atoms with Gasteiger partial charge in [0.15, 0.2) is 0 Å². The Labute approximate surface area is 75.7 Å². The molecule has 0 aromatic carbocycles. The van der Waals surface area contributed by atoms with E-state index < -0.39 is 0 Å². The number of halogens is 1. The molecular weight excluding hydrogens is 239 g/mol. The van der Waals surface area contributed by atoms with Gasteiger partial charge in [-0.3, -0.25) is 0 Å². The lowest BCUT2D eigenvalue weighted by atomic mass is 10.0. The third-order valence-corrected chi connectivity index (χ3v) is 3.55. The average molecular weight is 252 g/mol. The summed E-state index contributed by atoms with van der Waals surface area (Å²) in [5.74, 6) is 1.98. The van der Waals surface area contributed by atoms with Gasteiger partial charge in [0.05, 0.1) is 12.7 Å². The smallest absolute Gasteiger partial charge is 0.0668 e. The van der Waals surface area contributed by atoms with E-state index in [0.29, 0.717) is 6.10 Å². The number of hydrogen-bond donors (Lipinski definition) is 0. The Kier molecular flexibility index (Phi) is 2.18. The van der Waals surface area contributed by atoms with Crippen molar-refractivity contribution in [3.05, 3.63) is 0 Å². The molecule has 10 heavy (non-hydrogen) atoms. The maximum absolute atomic E-state index is 5.61. The third-order valence-electron chi connectivity index (χ3n) is 2.57. The van der Waals surface area contributed by atoms with E-state index in [1.807, 2.05) is 0 Å². The Bertz CT molecular complexity index is 122. The number of ether oxygens (including phenoxy) is 1. The van der Waals surface area contributed by atoms with Crippen LogP contribution in [0.15, 0.2) is 0 Å². The number of rotatable bonds is 2. The summed E-state index contributed by atoms with van der Waals surface area (Å²) in [4.78, 5) is 0. The summed E-state index contributed by atoms with van der Waals surface area (Å²) in [5.41, 5.74) is 0. The van der Waals surface area contributed by atoms with Crippen molar-refractivity contribution in [2.24, 2.45) is 11.8 Å². The predicted molar refractivity (Wildman–Crippen MR) is 49.5 cm³/mol. The van der Waals surface area contributed by atoms with Crippen LogP contribution >= 0.6 is 22.6 Å². The molecule has 0 spiro atoms. The predicted octanol–water partition coefficient (Wildman–Crippen LogP) is 2.24. The van der Waals surface area contributed by atoms with Crippen LogP contribution in [0.5, 0.6) is 0 Å². The van der Waals surface area contributed by atoms with Gasteiger partial charge in [0.1, 0.15) is 0 Å². The van der Waals surface area contributed by atoms with Crippen LogP contribution in [0.3, 0.4) is 0 Å². The van der Waals surface area contributed by atoms with Crippen molar-refractivity contribution in [1.82, 2.24) is 0 Å². The lowest BCUT2D eigenvalue weighted by molar-refractivity contribution is 0.123. The molecule has 1 saturated carbocycles. The van der Waals surface area contributed by atoms with Gasteiger partial charge in [-0.25, -0.2) is 0 Å². The van der Waals surface area contributed by atoms with Crippen molar-refractivity contribution < 1.29 is 4.74 Å². The number of alkyl halides is 1. The van der Waals surface area contributed by atoms with Gasteiger partial charge in [-0.1, -0.05) is 22.6 Å². The standard InChI is InChI=1S/C8H13IO/c9-4-8-3-7(5-10-8)6-1-2-6/h6-8H,1-5H2/t7-,8+/m1/s1. The third kappa shape index (κ3) is 1.47. The first-order valence-corrected chi connectivity index (χ1v) is 5.60. The Morgan fingerprint density at radius 1 is 1.30 bits per heavy atom. The van der Waals surface area contributed by atoms with Gasteiger partial charge in [0, 0.05) is 4.43 Å². The summed E-state index contributed by atoms with van der Waals surface area (Å²) in [6.45, 7) is 1.05. The zero-order valence-electron chi connectivity index (χ0n) is 6.05. The van der Waals surface area contributed by atoms with Crippen LogP contribution in [0.4, 0.5) is 0 Å². The molecule has 1 aliphatic heterocycles. The first-order valence-electron chi connectivity index (χ1n) is 4.07.